The van der Waals surface area contributed by atoms with Crippen LogP contribution < -0.4 is 10.1 Å². The van der Waals surface area contributed by atoms with Crippen LogP contribution >= 0.6 is 0 Å². The van der Waals surface area contributed by atoms with E-state index in [9.17, 15) is 14.7 Å². The molecule has 0 aliphatic carbocycles. The second kappa shape index (κ2) is 7.58. The maximum Gasteiger partial charge on any atom is 0.416 e. The van der Waals surface area contributed by atoms with E-state index in [0.29, 0.717) is 11.4 Å². The maximum absolute atomic E-state index is 12.7. The zero-order chi connectivity index (χ0) is 18.7. The molecule has 1 aliphatic heterocycles. The van der Waals surface area contributed by atoms with Crippen molar-refractivity contribution >= 4 is 17.7 Å². The lowest BCUT2D eigenvalue weighted by Gasteiger charge is -2.23. The van der Waals surface area contributed by atoms with Gasteiger partial charge in [0.05, 0.1) is 12.6 Å². The van der Waals surface area contributed by atoms with Gasteiger partial charge in [-0.1, -0.05) is 30.3 Å². The number of β-amino-alcohol motifs (C(OH)–C–C–N with tert-alkyl or cyclic N) is 1. The van der Waals surface area contributed by atoms with E-state index in [1.165, 1.54) is 4.90 Å². The van der Waals surface area contributed by atoms with Crippen molar-refractivity contribution in [1.29, 1.82) is 0 Å². The van der Waals surface area contributed by atoms with Gasteiger partial charge in [0.1, 0.15) is 11.8 Å². The predicted octanol–water partition coefficient (Wildman–Crippen LogP) is 2.88. The van der Waals surface area contributed by atoms with Crippen molar-refractivity contribution < 1.29 is 19.4 Å². The molecule has 0 spiro atoms. The number of amides is 2. The van der Waals surface area contributed by atoms with Crippen molar-refractivity contribution in [2.75, 3.05) is 11.9 Å². The number of aliphatic hydroxyl groups excluding tert-OH is 1. The van der Waals surface area contributed by atoms with E-state index in [-0.39, 0.29) is 18.9 Å². The number of aryl methyl sites for hydroxylation is 2. The fourth-order valence-electron chi connectivity index (χ4n) is 3.00. The van der Waals surface area contributed by atoms with Crippen molar-refractivity contribution in [2.45, 2.75) is 32.4 Å². The molecule has 1 fully saturated rings. The van der Waals surface area contributed by atoms with Crippen LogP contribution in [-0.2, 0) is 4.79 Å². The number of para-hydroxylation sites is 1. The Kier molecular flexibility index (Phi) is 5.23. The van der Waals surface area contributed by atoms with Gasteiger partial charge in [0, 0.05) is 12.1 Å². The first-order valence-electron chi connectivity index (χ1n) is 8.53. The molecule has 1 heterocycles. The van der Waals surface area contributed by atoms with Crippen molar-refractivity contribution in [1.82, 2.24) is 4.90 Å². The van der Waals surface area contributed by atoms with Crippen LogP contribution in [0.25, 0.3) is 0 Å². The zero-order valence-corrected chi connectivity index (χ0v) is 14.8. The minimum atomic E-state index is -0.777. The van der Waals surface area contributed by atoms with E-state index in [1.807, 2.05) is 38.1 Å². The van der Waals surface area contributed by atoms with Gasteiger partial charge in [-0.3, -0.25) is 9.69 Å². The summed E-state index contributed by atoms with van der Waals surface area (Å²) in [7, 11) is 0. The number of carbonyl (C=O) groups is 2. The van der Waals surface area contributed by atoms with Crippen molar-refractivity contribution in [3.05, 3.63) is 59.7 Å². The highest BCUT2D eigenvalue weighted by Gasteiger charge is 2.40. The Morgan fingerprint density at radius 3 is 2.62 bits per heavy atom. The number of ether oxygens (including phenoxy) is 1. The lowest BCUT2D eigenvalue weighted by molar-refractivity contribution is -0.119. The van der Waals surface area contributed by atoms with Crippen LogP contribution in [0.4, 0.5) is 10.5 Å². The number of rotatable bonds is 3. The highest BCUT2D eigenvalue weighted by molar-refractivity contribution is 5.97. The summed E-state index contributed by atoms with van der Waals surface area (Å²) in [6.45, 7) is 3.91. The fourth-order valence-corrected chi connectivity index (χ4v) is 3.00. The Morgan fingerprint density at radius 2 is 1.88 bits per heavy atom. The first-order valence-corrected chi connectivity index (χ1v) is 8.53. The summed E-state index contributed by atoms with van der Waals surface area (Å²) >= 11 is 0. The third-order valence-electron chi connectivity index (χ3n) is 4.42. The van der Waals surface area contributed by atoms with Gasteiger partial charge in [0.25, 0.3) is 0 Å². The molecular formula is C20H22N2O4. The molecule has 1 saturated heterocycles. The average molecular weight is 354 g/mol. The zero-order valence-electron chi connectivity index (χ0n) is 14.8. The van der Waals surface area contributed by atoms with Crippen LogP contribution in [0.1, 0.15) is 17.5 Å². The minimum Gasteiger partial charge on any atom is -0.410 e. The Balaban J connectivity index is 1.73. The molecule has 6 heteroatoms. The molecule has 0 bridgehead atoms. The Hall–Kier alpha value is -2.86. The molecule has 0 radical (unpaired) electrons. The van der Waals surface area contributed by atoms with E-state index >= 15 is 0 Å². The van der Waals surface area contributed by atoms with E-state index in [2.05, 4.69) is 5.32 Å². The highest BCUT2D eigenvalue weighted by atomic mass is 16.6. The van der Waals surface area contributed by atoms with Crippen LogP contribution in [0.5, 0.6) is 5.75 Å². The smallest absolute Gasteiger partial charge is 0.410 e. The van der Waals surface area contributed by atoms with Crippen LogP contribution in [0.3, 0.4) is 0 Å². The maximum atomic E-state index is 12.7. The molecule has 2 atom stereocenters. The standard InChI is InChI=1S/C20H22N2O4/c1-13-8-9-14(2)17(10-13)21-19(24)18-11-15(23)12-22(18)20(25)26-16-6-4-3-5-7-16/h3-10,15,18,23H,11-12H2,1-2H3,(H,21,24)/t15-,18-/m1/s1. The van der Waals surface area contributed by atoms with Crippen molar-refractivity contribution in [3.63, 3.8) is 0 Å². The van der Waals surface area contributed by atoms with E-state index < -0.39 is 18.2 Å². The van der Waals surface area contributed by atoms with Gasteiger partial charge < -0.3 is 15.2 Å². The van der Waals surface area contributed by atoms with Gasteiger partial charge >= 0.3 is 6.09 Å². The summed E-state index contributed by atoms with van der Waals surface area (Å²) in [6.07, 6.45) is -1.22. The van der Waals surface area contributed by atoms with Gasteiger partial charge in [-0.25, -0.2) is 4.79 Å². The lowest BCUT2D eigenvalue weighted by Crippen LogP contribution is -2.44. The van der Waals surface area contributed by atoms with E-state index in [1.54, 1.807) is 24.3 Å². The first kappa shape index (κ1) is 17.9. The van der Waals surface area contributed by atoms with Gasteiger partial charge in [-0.05, 0) is 43.2 Å². The number of hydrogen-bond acceptors (Lipinski definition) is 4. The summed E-state index contributed by atoms with van der Waals surface area (Å²) in [5.74, 6) is 0.0628. The van der Waals surface area contributed by atoms with Gasteiger partial charge in [-0.2, -0.15) is 0 Å². The quantitative estimate of drug-likeness (QED) is 0.888. The number of likely N-dealkylation sites (tertiary alicyclic amines) is 1. The molecule has 2 N–H and O–H groups in total. The molecule has 2 aromatic carbocycles. The lowest BCUT2D eigenvalue weighted by atomic mass is 10.1. The van der Waals surface area contributed by atoms with Gasteiger partial charge in [-0.15, -0.1) is 0 Å². The molecule has 0 unspecified atom stereocenters. The van der Waals surface area contributed by atoms with Crippen molar-refractivity contribution in [3.8, 4) is 5.75 Å². The van der Waals surface area contributed by atoms with E-state index in [0.717, 1.165) is 11.1 Å². The molecular weight excluding hydrogens is 332 g/mol. The Morgan fingerprint density at radius 1 is 1.15 bits per heavy atom. The summed E-state index contributed by atoms with van der Waals surface area (Å²) in [4.78, 5) is 26.5. The average Bonchev–Trinajstić information content (AvgIpc) is 3.01. The largest absolute Gasteiger partial charge is 0.416 e. The summed E-state index contributed by atoms with van der Waals surface area (Å²) < 4.78 is 5.32. The normalized spacial score (nSPS) is 19.3. The summed E-state index contributed by atoms with van der Waals surface area (Å²) in [6, 6.07) is 13.6. The number of nitrogens with zero attached hydrogens (tertiary/aromatic N) is 1. The summed E-state index contributed by atoms with van der Waals surface area (Å²) in [5.41, 5.74) is 2.66. The number of carbonyl (C=O) groups excluding carboxylic acids is 2. The molecule has 2 amide bonds. The molecule has 26 heavy (non-hydrogen) atoms. The van der Waals surface area contributed by atoms with Crippen LogP contribution in [-0.4, -0.2) is 40.7 Å². The third-order valence-corrected chi connectivity index (χ3v) is 4.42. The number of hydrogen-bond donors (Lipinski definition) is 2. The number of benzene rings is 2. The fraction of sp³-hybridized carbons (Fsp3) is 0.300. The summed E-state index contributed by atoms with van der Waals surface area (Å²) in [5, 5.41) is 12.8. The molecule has 0 saturated carbocycles. The van der Waals surface area contributed by atoms with Crippen LogP contribution in [0.15, 0.2) is 48.5 Å². The van der Waals surface area contributed by atoms with E-state index in [4.69, 9.17) is 4.74 Å². The predicted molar refractivity (Wildman–Crippen MR) is 98.1 cm³/mol. The molecule has 2 aromatic rings. The number of anilines is 1. The van der Waals surface area contributed by atoms with Crippen LogP contribution in [0, 0.1) is 13.8 Å². The molecule has 1 aliphatic rings. The molecule has 0 aromatic heterocycles. The Labute approximate surface area is 152 Å². The molecule has 3 rings (SSSR count). The molecule has 6 nitrogen and oxygen atoms in total. The monoisotopic (exact) mass is 354 g/mol. The second-order valence-electron chi connectivity index (χ2n) is 6.55. The topological polar surface area (TPSA) is 78.9 Å². The second-order valence-corrected chi connectivity index (χ2v) is 6.55. The number of aliphatic hydroxyl groups is 1. The Bertz CT molecular complexity index is 807. The molecule has 136 valence electrons. The van der Waals surface area contributed by atoms with Gasteiger partial charge in [0.2, 0.25) is 5.91 Å². The highest BCUT2D eigenvalue weighted by Crippen LogP contribution is 2.23. The third kappa shape index (κ3) is 4.03. The van der Waals surface area contributed by atoms with Crippen LogP contribution in [0.2, 0.25) is 0 Å². The van der Waals surface area contributed by atoms with Gasteiger partial charge in [0.15, 0.2) is 0 Å². The number of nitrogens with one attached hydrogen (secondary N) is 1. The SMILES string of the molecule is Cc1ccc(C)c(NC(=O)[C@H]2C[C@@H](O)CN2C(=O)Oc2ccccc2)c1. The minimum absolute atomic E-state index is 0.0660. The first-order chi connectivity index (χ1) is 12.4. The van der Waals surface area contributed by atoms with Crippen molar-refractivity contribution in [2.24, 2.45) is 0 Å².